The molecule has 90 valence electrons. The number of carbonyl (C=O) groups excluding carboxylic acids is 1. The molecule has 0 saturated carbocycles. The fraction of sp³-hybridized carbons (Fsp3) is 0.0769. The molecule has 0 fully saturated rings. The van der Waals surface area contributed by atoms with Crippen molar-refractivity contribution in [2.45, 2.75) is 6.92 Å². The van der Waals surface area contributed by atoms with Gasteiger partial charge in [0.15, 0.2) is 0 Å². The molecule has 0 aliphatic heterocycles. The number of benzene rings is 1. The van der Waals surface area contributed by atoms with Crippen molar-refractivity contribution in [2.75, 3.05) is 5.32 Å². The predicted molar refractivity (Wildman–Crippen MR) is 70.3 cm³/mol. The Bertz CT molecular complexity index is 641. The molecule has 2 aromatic rings. The normalized spacial score (nSPS) is 9.83. The second kappa shape index (κ2) is 5.07. The van der Waals surface area contributed by atoms with Gasteiger partial charge >= 0.3 is 0 Å². The van der Waals surface area contributed by atoms with Crippen molar-refractivity contribution in [2.24, 2.45) is 0 Å². The van der Waals surface area contributed by atoms with Crippen LogP contribution in [0.25, 0.3) is 0 Å². The zero-order valence-corrected chi connectivity index (χ0v) is 11.1. The van der Waals surface area contributed by atoms with Crippen LogP contribution in [0.2, 0.25) is 0 Å². The van der Waals surface area contributed by atoms with Gasteiger partial charge in [0.05, 0.1) is 22.9 Å². The van der Waals surface area contributed by atoms with Crippen LogP contribution >= 0.6 is 15.9 Å². The van der Waals surface area contributed by atoms with Crippen molar-refractivity contribution >= 4 is 27.5 Å². The molecule has 5 heteroatoms. The molecule has 1 aromatic carbocycles. The van der Waals surface area contributed by atoms with Crippen LogP contribution in [-0.4, -0.2) is 5.91 Å². The van der Waals surface area contributed by atoms with E-state index in [0.29, 0.717) is 27.0 Å². The van der Waals surface area contributed by atoms with Crippen LogP contribution in [0.15, 0.2) is 39.4 Å². The Morgan fingerprint density at radius 1 is 1.44 bits per heavy atom. The van der Waals surface area contributed by atoms with E-state index >= 15 is 0 Å². The van der Waals surface area contributed by atoms with Crippen LogP contribution < -0.4 is 5.32 Å². The summed E-state index contributed by atoms with van der Waals surface area (Å²) in [6.07, 6.45) is 1.40. The van der Waals surface area contributed by atoms with Crippen LogP contribution in [0, 0.1) is 18.3 Å². The highest BCUT2D eigenvalue weighted by Gasteiger charge is 2.10. The minimum absolute atomic E-state index is 0.253. The molecule has 0 aliphatic rings. The molecule has 1 heterocycles. The summed E-state index contributed by atoms with van der Waals surface area (Å²) < 4.78 is 5.74. The topological polar surface area (TPSA) is 66.0 Å². The lowest BCUT2D eigenvalue weighted by Crippen LogP contribution is -2.11. The Labute approximate surface area is 112 Å². The predicted octanol–water partition coefficient (Wildman–Crippen LogP) is 3.47. The van der Waals surface area contributed by atoms with Crippen molar-refractivity contribution in [1.29, 1.82) is 5.26 Å². The van der Waals surface area contributed by atoms with Gasteiger partial charge in [-0.05, 0) is 47.1 Å². The van der Waals surface area contributed by atoms with Crippen LogP contribution in [0.5, 0.6) is 0 Å². The molecule has 0 radical (unpaired) electrons. The van der Waals surface area contributed by atoms with E-state index in [1.165, 1.54) is 6.26 Å². The van der Waals surface area contributed by atoms with Crippen LogP contribution in [0.3, 0.4) is 0 Å². The van der Waals surface area contributed by atoms with Crippen molar-refractivity contribution in [3.63, 3.8) is 0 Å². The van der Waals surface area contributed by atoms with Gasteiger partial charge in [0.25, 0.3) is 5.91 Å². The molecule has 0 atom stereocenters. The zero-order valence-electron chi connectivity index (χ0n) is 9.53. The molecule has 2 rings (SSSR count). The Morgan fingerprint density at radius 3 is 2.78 bits per heavy atom. The lowest BCUT2D eigenvalue weighted by Gasteiger charge is -2.06. The number of anilines is 1. The van der Waals surface area contributed by atoms with Crippen LogP contribution in [-0.2, 0) is 0 Å². The maximum atomic E-state index is 11.9. The van der Waals surface area contributed by atoms with Gasteiger partial charge in [-0.1, -0.05) is 0 Å². The smallest absolute Gasteiger partial charge is 0.258 e. The first kappa shape index (κ1) is 12.4. The van der Waals surface area contributed by atoms with Crippen molar-refractivity contribution < 1.29 is 9.21 Å². The largest absolute Gasteiger partial charge is 0.469 e. The molecule has 1 aromatic heterocycles. The van der Waals surface area contributed by atoms with Gasteiger partial charge in [-0.3, -0.25) is 4.79 Å². The fourth-order valence-corrected chi connectivity index (χ4v) is 1.92. The number of furan rings is 1. The molecule has 18 heavy (non-hydrogen) atoms. The third-order valence-corrected chi connectivity index (χ3v) is 3.00. The third-order valence-electron chi connectivity index (χ3n) is 2.34. The van der Waals surface area contributed by atoms with E-state index in [9.17, 15) is 4.79 Å². The molecule has 0 aliphatic carbocycles. The number of hydrogen-bond donors (Lipinski definition) is 1. The monoisotopic (exact) mass is 304 g/mol. The van der Waals surface area contributed by atoms with Gasteiger partial charge in [-0.2, -0.15) is 5.26 Å². The first-order chi connectivity index (χ1) is 8.60. The van der Waals surface area contributed by atoms with Gasteiger partial charge in [-0.25, -0.2) is 0 Å². The maximum absolute atomic E-state index is 11.9. The molecule has 0 saturated heterocycles. The molecule has 1 N–H and O–H groups in total. The molecule has 0 unspecified atom stereocenters. The first-order valence-corrected chi connectivity index (χ1v) is 5.95. The Morgan fingerprint density at radius 2 is 2.22 bits per heavy atom. The minimum atomic E-state index is -0.253. The summed E-state index contributed by atoms with van der Waals surface area (Å²) in [6.45, 7) is 1.77. The van der Waals surface area contributed by atoms with Gasteiger partial charge < -0.3 is 9.73 Å². The highest BCUT2D eigenvalue weighted by Crippen LogP contribution is 2.24. The number of nitriles is 1. The number of aryl methyl sites for hydroxylation is 1. The summed E-state index contributed by atoms with van der Waals surface area (Å²) >= 11 is 3.30. The number of halogens is 1. The molecule has 0 bridgehead atoms. The first-order valence-electron chi connectivity index (χ1n) is 5.16. The average molecular weight is 305 g/mol. The standard InChI is InChI=1S/C13H9BrN2O2/c1-8-4-10(7-18-8)13(17)16-12-3-2-9(6-15)5-11(12)14/h2-5,7H,1H3,(H,16,17). The fourth-order valence-electron chi connectivity index (χ4n) is 1.44. The van der Waals surface area contributed by atoms with E-state index in [1.807, 2.05) is 6.07 Å². The van der Waals surface area contributed by atoms with E-state index in [2.05, 4.69) is 21.2 Å². The Balaban J connectivity index is 2.20. The summed E-state index contributed by atoms with van der Waals surface area (Å²) in [5.74, 6) is 0.427. The maximum Gasteiger partial charge on any atom is 0.258 e. The van der Waals surface area contributed by atoms with Gasteiger partial charge in [0.2, 0.25) is 0 Å². The summed E-state index contributed by atoms with van der Waals surface area (Å²) in [5, 5.41) is 11.5. The second-order valence-corrected chi connectivity index (χ2v) is 4.56. The van der Waals surface area contributed by atoms with Gasteiger partial charge in [0, 0.05) is 4.47 Å². The quantitative estimate of drug-likeness (QED) is 0.923. The summed E-state index contributed by atoms with van der Waals surface area (Å²) in [7, 11) is 0. The highest BCUT2D eigenvalue weighted by molar-refractivity contribution is 9.10. The lowest BCUT2D eigenvalue weighted by atomic mass is 10.2. The van der Waals surface area contributed by atoms with Gasteiger partial charge in [0.1, 0.15) is 12.0 Å². The van der Waals surface area contributed by atoms with Crippen molar-refractivity contribution in [1.82, 2.24) is 0 Å². The Hall–Kier alpha value is -2.06. The molecular formula is C13H9BrN2O2. The van der Waals surface area contributed by atoms with Gasteiger partial charge in [-0.15, -0.1) is 0 Å². The molecule has 1 amide bonds. The number of carbonyl (C=O) groups is 1. The Kier molecular flexibility index (Phi) is 3.49. The van der Waals surface area contributed by atoms with E-state index in [-0.39, 0.29) is 5.91 Å². The minimum Gasteiger partial charge on any atom is -0.469 e. The van der Waals surface area contributed by atoms with E-state index in [1.54, 1.807) is 31.2 Å². The van der Waals surface area contributed by atoms with E-state index in [4.69, 9.17) is 9.68 Å². The molecule has 0 spiro atoms. The highest BCUT2D eigenvalue weighted by atomic mass is 79.9. The number of amides is 1. The second-order valence-electron chi connectivity index (χ2n) is 3.71. The zero-order chi connectivity index (χ0) is 13.1. The molecular weight excluding hydrogens is 296 g/mol. The van der Waals surface area contributed by atoms with Crippen LogP contribution in [0.1, 0.15) is 21.7 Å². The van der Waals surface area contributed by atoms with Crippen molar-refractivity contribution in [3.8, 4) is 6.07 Å². The summed E-state index contributed by atoms with van der Waals surface area (Å²) in [6, 6.07) is 8.65. The third kappa shape index (κ3) is 2.60. The SMILES string of the molecule is Cc1cc(C(=O)Nc2ccc(C#N)cc2Br)co1. The lowest BCUT2D eigenvalue weighted by molar-refractivity contribution is 0.102. The van der Waals surface area contributed by atoms with Crippen LogP contribution in [0.4, 0.5) is 5.69 Å². The number of rotatable bonds is 2. The summed E-state index contributed by atoms with van der Waals surface area (Å²) in [4.78, 5) is 11.9. The molecule has 4 nitrogen and oxygen atoms in total. The van der Waals surface area contributed by atoms with Crippen molar-refractivity contribution in [3.05, 3.63) is 51.9 Å². The average Bonchev–Trinajstić information content (AvgIpc) is 2.78. The number of nitrogens with one attached hydrogen (secondary N) is 1. The van der Waals surface area contributed by atoms with E-state index in [0.717, 1.165) is 0 Å². The van der Waals surface area contributed by atoms with E-state index < -0.39 is 0 Å². The number of hydrogen-bond acceptors (Lipinski definition) is 3. The summed E-state index contributed by atoms with van der Waals surface area (Å²) in [5.41, 5.74) is 1.60. The number of nitrogens with zero attached hydrogens (tertiary/aromatic N) is 1.